The molecule has 1 heterocycles. The van der Waals surface area contributed by atoms with Crippen molar-refractivity contribution in [3.05, 3.63) is 71.0 Å². The molecule has 144 valence electrons. The normalized spacial score (nSPS) is 20.5. The summed E-state index contributed by atoms with van der Waals surface area (Å²) < 4.78 is 41.4. The summed E-state index contributed by atoms with van der Waals surface area (Å²) in [6.45, 7) is 4.36. The van der Waals surface area contributed by atoms with E-state index in [-0.39, 0.29) is 17.1 Å². The second-order valence-electron chi connectivity index (χ2n) is 7.51. The minimum atomic E-state index is -3.30. The first kappa shape index (κ1) is 18.6. The van der Waals surface area contributed by atoms with Crippen LogP contribution in [0.5, 0.6) is 0 Å². The van der Waals surface area contributed by atoms with Crippen LogP contribution in [0, 0.1) is 5.82 Å². The molecule has 2 aromatic carbocycles. The van der Waals surface area contributed by atoms with Gasteiger partial charge in [0, 0.05) is 32.2 Å². The molecular weight excluding hydrogens is 363 g/mol. The Morgan fingerprint density at radius 1 is 0.963 bits per heavy atom. The first-order chi connectivity index (χ1) is 12.9. The summed E-state index contributed by atoms with van der Waals surface area (Å²) in [5.41, 5.74) is 3.24. The number of hydrogen-bond acceptors (Lipinski definition) is 3. The van der Waals surface area contributed by atoms with Crippen LogP contribution < -0.4 is 0 Å². The van der Waals surface area contributed by atoms with E-state index in [9.17, 15) is 12.8 Å². The van der Waals surface area contributed by atoms with Crippen molar-refractivity contribution in [2.75, 3.05) is 26.2 Å². The molecule has 1 aliphatic carbocycles. The molecule has 2 aromatic rings. The molecule has 1 aliphatic heterocycles. The summed E-state index contributed by atoms with van der Waals surface area (Å²) in [4.78, 5) is 2.23. The third kappa shape index (κ3) is 3.66. The highest BCUT2D eigenvalue weighted by Crippen LogP contribution is 2.29. The lowest BCUT2D eigenvalue weighted by atomic mass is 10.1. The van der Waals surface area contributed by atoms with Gasteiger partial charge in [0.05, 0.1) is 5.25 Å². The maximum Gasteiger partial charge on any atom is 0.217 e. The van der Waals surface area contributed by atoms with Crippen LogP contribution in [-0.2, 0) is 22.9 Å². The van der Waals surface area contributed by atoms with Crippen LogP contribution in [0.25, 0.3) is 0 Å². The van der Waals surface area contributed by atoms with E-state index in [2.05, 4.69) is 4.90 Å². The fourth-order valence-corrected chi connectivity index (χ4v) is 6.14. The van der Waals surface area contributed by atoms with Crippen LogP contribution in [-0.4, -0.2) is 49.1 Å². The Kier molecular flexibility index (Phi) is 5.05. The van der Waals surface area contributed by atoms with E-state index in [4.69, 9.17) is 0 Å². The smallest absolute Gasteiger partial charge is 0.217 e. The van der Waals surface area contributed by atoms with Crippen LogP contribution in [0.3, 0.4) is 0 Å². The highest BCUT2D eigenvalue weighted by atomic mass is 32.2. The van der Waals surface area contributed by atoms with Crippen LogP contribution in [0.1, 0.15) is 29.7 Å². The zero-order valence-corrected chi connectivity index (χ0v) is 16.3. The lowest BCUT2D eigenvalue weighted by Crippen LogP contribution is -2.51. The second-order valence-corrected chi connectivity index (χ2v) is 9.72. The van der Waals surface area contributed by atoms with E-state index in [1.807, 2.05) is 37.3 Å². The average Bonchev–Trinajstić information content (AvgIpc) is 3.13. The molecule has 0 radical (unpaired) electrons. The molecule has 0 bridgehead atoms. The number of rotatable bonds is 4. The summed E-state index contributed by atoms with van der Waals surface area (Å²) in [5.74, 6) is -0.235. The van der Waals surface area contributed by atoms with Crippen LogP contribution >= 0.6 is 0 Å². The Bertz CT molecular complexity index is 898. The molecule has 27 heavy (non-hydrogen) atoms. The van der Waals surface area contributed by atoms with E-state index >= 15 is 0 Å². The molecule has 0 amide bonds. The first-order valence-corrected chi connectivity index (χ1v) is 11.0. The van der Waals surface area contributed by atoms with Gasteiger partial charge in [0.25, 0.3) is 0 Å². The maximum absolute atomic E-state index is 13.5. The highest BCUT2D eigenvalue weighted by molar-refractivity contribution is 7.89. The summed E-state index contributed by atoms with van der Waals surface area (Å²) >= 11 is 0. The Labute approximate surface area is 160 Å². The Balaban J connectivity index is 1.40. The monoisotopic (exact) mass is 388 g/mol. The molecule has 0 spiro atoms. The quantitative estimate of drug-likeness (QED) is 0.809. The molecule has 1 atom stereocenters. The third-order valence-corrected chi connectivity index (χ3v) is 8.21. The fourth-order valence-electron chi connectivity index (χ4n) is 4.26. The molecule has 6 heteroatoms. The minimum absolute atomic E-state index is 0.0706. The topological polar surface area (TPSA) is 40.6 Å². The van der Waals surface area contributed by atoms with E-state index in [1.165, 1.54) is 6.07 Å². The molecule has 1 unspecified atom stereocenters. The zero-order chi connectivity index (χ0) is 19.0. The number of piperazine rings is 1. The van der Waals surface area contributed by atoms with Gasteiger partial charge in [0.15, 0.2) is 0 Å². The Morgan fingerprint density at radius 3 is 2.19 bits per heavy atom. The largest absolute Gasteiger partial charge is 0.294 e. The van der Waals surface area contributed by atoms with Gasteiger partial charge in [-0.1, -0.05) is 36.4 Å². The van der Waals surface area contributed by atoms with Gasteiger partial charge in [0.2, 0.25) is 10.0 Å². The summed E-state index contributed by atoms with van der Waals surface area (Å²) in [6, 6.07) is 14.7. The van der Waals surface area contributed by atoms with E-state index in [0.717, 1.165) is 16.7 Å². The van der Waals surface area contributed by atoms with Crippen LogP contribution in [0.2, 0.25) is 0 Å². The molecule has 0 N–H and O–H groups in total. The van der Waals surface area contributed by atoms with E-state index in [0.29, 0.717) is 39.0 Å². The lowest BCUT2D eigenvalue weighted by molar-refractivity contribution is 0.145. The van der Waals surface area contributed by atoms with Crippen molar-refractivity contribution in [2.24, 2.45) is 0 Å². The number of halogens is 1. The first-order valence-electron chi connectivity index (χ1n) is 9.50. The van der Waals surface area contributed by atoms with Gasteiger partial charge in [-0.05, 0) is 48.6 Å². The summed E-state index contributed by atoms with van der Waals surface area (Å²) in [5, 5.41) is -0.345. The number of hydrogen-bond donors (Lipinski definition) is 0. The third-order valence-electron chi connectivity index (χ3n) is 5.95. The number of sulfonamides is 1. The van der Waals surface area contributed by atoms with Gasteiger partial charge < -0.3 is 0 Å². The molecule has 0 saturated carbocycles. The van der Waals surface area contributed by atoms with Crippen molar-refractivity contribution in [3.63, 3.8) is 0 Å². The standard InChI is InChI=1S/C21H25FN2O2S/c1-16(17-7-4-8-20(22)13-17)23-9-11-24(12-10-23)27(25,26)21-14-18-5-2-3-6-19(18)15-21/h2-8,13,16,21H,9-12,14-15H2,1H3. The van der Waals surface area contributed by atoms with Crippen molar-refractivity contribution in [1.29, 1.82) is 0 Å². The lowest BCUT2D eigenvalue weighted by Gasteiger charge is -2.38. The van der Waals surface area contributed by atoms with Gasteiger partial charge >= 0.3 is 0 Å². The average molecular weight is 389 g/mol. The molecule has 0 aromatic heterocycles. The van der Waals surface area contributed by atoms with Crippen molar-refractivity contribution < 1.29 is 12.8 Å². The fraction of sp³-hybridized carbons (Fsp3) is 0.429. The van der Waals surface area contributed by atoms with Crippen molar-refractivity contribution in [3.8, 4) is 0 Å². The molecule has 4 nitrogen and oxygen atoms in total. The predicted molar refractivity (Wildman–Crippen MR) is 105 cm³/mol. The zero-order valence-electron chi connectivity index (χ0n) is 15.5. The Morgan fingerprint density at radius 2 is 1.59 bits per heavy atom. The highest BCUT2D eigenvalue weighted by Gasteiger charge is 2.38. The number of fused-ring (bicyclic) bond motifs is 1. The van der Waals surface area contributed by atoms with Gasteiger partial charge in [-0.25, -0.2) is 12.8 Å². The maximum atomic E-state index is 13.5. The van der Waals surface area contributed by atoms with E-state index < -0.39 is 10.0 Å². The van der Waals surface area contributed by atoms with Crippen LogP contribution in [0.15, 0.2) is 48.5 Å². The molecule has 4 rings (SSSR count). The van der Waals surface area contributed by atoms with E-state index in [1.54, 1.807) is 16.4 Å². The predicted octanol–water partition coefficient (Wildman–Crippen LogP) is 3.00. The molecule has 1 fully saturated rings. The van der Waals surface area contributed by atoms with Crippen molar-refractivity contribution in [2.45, 2.75) is 31.1 Å². The van der Waals surface area contributed by atoms with Gasteiger partial charge in [-0.15, -0.1) is 0 Å². The minimum Gasteiger partial charge on any atom is -0.294 e. The van der Waals surface area contributed by atoms with Crippen molar-refractivity contribution >= 4 is 10.0 Å². The second kappa shape index (κ2) is 7.34. The molecule has 2 aliphatic rings. The summed E-state index contributed by atoms with van der Waals surface area (Å²) in [6.07, 6.45) is 1.22. The van der Waals surface area contributed by atoms with Gasteiger partial charge in [-0.2, -0.15) is 4.31 Å². The molecule has 1 saturated heterocycles. The summed E-state index contributed by atoms with van der Waals surface area (Å²) in [7, 11) is -3.30. The SMILES string of the molecule is CC(c1cccc(F)c1)N1CCN(S(=O)(=O)C2Cc3ccccc3C2)CC1. The number of nitrogens with zero attached hydrogens (tertiary/aromatic N) is 2. The molecular formula is C21H25FN2O2S. The van der Waals surface area contributed by atoms with Gasteiger partial charge in [-0.3, -0.25) is 4.90 Å². The van der Waals surface area contributed by atoms with Crippen LogP contribution in [0.4, 0.5) is 4.39 Å². The number of benzene rings is 2. The Hall–Kier alpha value is -1.76. The van der Waals surface area contributed by atoms with Crippen molar-refractivity contribution in [1.82, 2.24) is 9.21 Å². The van der Waals surface area contributed by atoms with Gasteiger partial charge in [0.1, 0.15) is 5.82 Å².